The molecule has 0 spiro atoms. The van der Waals surface area contributed by atoms with Crippen molar-refractivity contribution in [2.75, 3.05) is 36.2 Å². The Morgan fingerprint density at radius 1 is 1.43 bits per heavy atom. The van der Waals surface area contributed by atoms with E-state index in [-0.39, 0.29) is 6.04 Å². The standard InChI is InChI=1S/C21H28N6O2S/c1-14-12-24-20(16(23)5-6-22)21-19(14)17(26-30(28)9-3-4-10-30)11-18(25-21)27-7-8-29-13-15(27)2/h5-6,11-12,15,22H,3-4,7-10,13,23H2,1-2H3/b16-5-,22-6?/t15-/m1/s1. The molecule has 2 aliphatic heterocycles. The van der Waals surface area contributed by atoms with Crippen LogP contribution in [0.5, 0.6) is 0 Å². The van der Waals surface area contributed by atoms with Crippen LogP contribution in [0.1, 0.15) is 31.0 Å². The average Bonchev–Trinajstić information content (AvgIpc) is 3.14. The number of morpholine rings is 1. The van der Waals surface area contributed by atoms with Gasteiger partial charge in [-0.1, -0.05) is 0 Å². The summed E-state index contributed by atoms with van der Waals surface area (Å²) < 4.78 is 23.7. The van der Waals surface area contributed by atoms with E-state index in [1.165, 1.54) is 6.08 Å². The van der Waals surface area contributed by atoms with Gasteiger partial charge in [-0.25, -0.2) is 9.19 Å². The van der Waals surface area contributed by atoms with Crippen molar-refractivity contribution in [2.45, 2.75) is 32.7 Å². The molecule has 0 saturated carbocycles. The van der Waals surface area contributed by atoms with Crippen LogP contribution in [0.15, 0.2) is 22.7 Å². The maximum Gasteiger partial charge on any atom is 0.131 e. The molecule has 0 aromatic carbocycles. The number of anilines is 1. The number of hydrogen-bond acceptors (Lipinski definition) is 8. The lowest BCUT2D eigenvalue weighted by Crippen LogP contribution is -2.44. The molecule has 9 heteroatoms. The first-order valence-electron chi connectivity index (χ1n) is 10.3. The van der Waals surface area contributed by atoms with Gasteiger partial charge in [0.2, 0.25) is 0 Å². The van der Waals surface area contributed by atoms with Crippen LogP contribution >= 0.6 is 0 Å². The summed E-state index contributed by atoms with van der Waals surface area (Å²) in [6.07, 6.45) is 6.26. The first-order valence-corrected chi connectivity index (χ1v) is 12.1. The third-order valence-electron chi connectivity index (χ3n) is 5.63. The van der Waals surface area contributed by atoms with Crippen molar-refractivity contribution in [1.82, 2.24) is 9.97 Å². The molecule has 2 fully saturated rings. The van der Waals surface area contributed by atoms with E-state index in [9.17, 15) is 4.21 Å². The lowest BCUT2D eigenvalue weighted by Gasteiger charge is -2.34. The van der Waals surface area contributed by atoms with Crippen molar-refractivity contribution >= 4 is 44.0 Å². The lowest BCUT2D eigenvalue weighted by molar-refractivity contribution is 0.0986. The van der Waals surface area contributed by atoms with E-state index in [0.717, 1.165) is 42.4 Å². The molecular weight excluding hydrogens is 400 g/mol. The summed E-state index contributed by atoms with van der Waals surface area (Å²) in [7, 11) is -2.27. The average molecular weight is 429 g/mol. The molecular formula is C21H28N6O2S. The van der Waals surface area contributed by atoms with Crippen LogP contribution in [0, 0.1) is 12.3 Å². The van der Waals surface area contributed by atoms with Gasteiger partial charge in [0.25, 0.3) is 0 Å². The number of aromatic nitrogens is 2. The molecule has 0 aliphatic carbocycles. The van der Waals surface area contributed by atoms with Crippen molar-refractivity contribution in [3.05, 3.63) is 29.6 Å². The number of rotatable bonds is 4. The molecule has 2 aromatic heterocycles. The van der Waals surface area contributed by atoms with Gasteiger partial charge in [0.15, 0.2) is 0 Å². The number of hydrogen-bond donors (Lipinski definition) is 2. The molecule has 2 saturated heterocycles. The van der Waals surface area contributed by atoms with Crippen molar-refractivity contribution in [3.63, 3.8) is 0 Å². The molecule has 0 amide bonds. The van der Waals surface area contributed by atoms with Gasteiger partial charge in [0.05, 0.1) is 40.4 Å². The monoisotopic (exact) mass is 428 g/mol. The topological polar surface area (TPSA) is 118 Å². The Morgan fingerprint density at radius 3 is 2.90 bits per heavy atom. The van der Waals surface area contributed by atoms with Crippen LogP contribution in [-0.2, 0) is 14.5 Å². The van der Waals surface area contributed by atoms with Gasteiger partial charge in [-0.15, -0.1) is 0 Å². The highest BCUT2D eigenvalue weighted by Gasteiger charge is 2.24. The highest BCUT2D eigenvalue weighted by atomic mass is 32.2. The first kappa shape index (κ1) is 20.7. The van der Waals surface area contributed by atoms with E-state index in [1.807, 2.05) is 13.0 Å². The Bertz CT molecular complexity index is 1120. The number of ether oxygens (including phenoxy) is 1. The second kappa shape index (κ2) is 8.31. The predicted molar refractivity (Wildman–Crippen MR) is 122 cm³/mol. The van der Waals surface area contributed by atoms with Gasteiger partial charge < -0.3 is 20.8 Å². The highest BCUT2D eigenvalue weighted by molar-refractivity contribution is 7.93. The van der Waals surface area contributed by atoms with Crippen molar-refractivity contribution in [1.29, 1.82) is 5.41 Å². The zero-order valence-corrected chi connectivity index (χ0v) is 18.2. The molecule has 4 heterocycles. The van der Waals surface area contributed by atoms with Gasteiger partial charge in [-0.3, -0.25) is 4.98 Å². The third-order valence-corrected chi connectivity index (χ3v) is 8.01. The molecule has 3 N–H and O–H groups in total. The minimum Gasteiger partial charge on any atom is -0.397 e. The second-order valence-corrected chi connectivity index (χ2v) is 10.4. The molecule has 8 nitrogen and oxygen atoms in total. The number of nitrogens with two attached hydrogens (primary N) is 1. The summed E-state index contributed by atoms with van der Waals surface area (Å²) in [6.45, 7) is 6.02. The zero-order chi connectivity index (χ0) is 21.3. The van der Waals surface area contributed by atoms with Crippen molar-refractivity contribution in [2.24, 2.45) is 10.1 Å². The van der Waals surface area contributed by atoms with Gasteiger partial charge in [-0.05, 0) is 38.3 Å². The van der Waals surface area contributed by atoms with E-state index in [0.29, 0.717) is 47.3 Å². The Morgan fingerprint density at radius 2 is 2.20 bits per heavy atom. The fourth-order valence-electron chi connectivity index (χ4n) is 4.06. The lowest BCUT2D eigenvalue weighted by atomic mass is 10.1. The molecule has 0 radical (unpaired) electrons. The Kier molecular flexibility index (Phi) is 5.75. The van der Waals surface area contributed by atoms with E-state index in [2.05, 4.69) is 16.8 Å². The minimum absolute atomic E-state index is 0.160. The molecule has 4 rings (SSSR count). The number of pyridine rings is 2. The quantitative estimate of drug-likeness (QED) is 0.723. The second-order valence-electron chi connectivity index (χ2n) is 7.90. The van der Waals surface area contributed by atoms with Crippen LogP contribution in [0.4, 0.5) is 11.5 Å². The zero-order valence-electron chi connectivity index (χ0n) is 17.4. The normalized spacial score (nSPS) is 21.7. The van der Waals surface area contributed by atoms with Crippen molar-refractivity contribution in [3.8, 4) is 0 Å². The Balaban J connectivity index is 2.02. The molecule has 2 aromatic rings. The predicted octanol–water partition coefficient (Wildman–Crippen LogP) is 3.01. The maximum absolute atomic E-state index is 13.3. The number of allylic oxidation sites excluding steroid dienone is 1. The first-order chi connectivity index (χ1) is 14.4. The van der Waals surface area contributed by atoms with Crippen LogP contribution in [-0.4, -0.2) is 57.7 Å². The molecule has 0 bridgehead atoms. The van der Waals surface area contributed by atoms with E-state index < -0.39 is 9.73 Å². The van der Waals surface area contributed by atoms with E-state index in [1.54, 1.807) is 6.20 Å². The summed E-state index contributed by atoms with van der Waals surface area (Å²) in [5, 5.41) is 8.19. The fraction of sp³-hybridized carbons (Fsp3) is 0.476. The largest absolute Gasteiger partial charge is 0.397 e. The highest BCUT2D eigenvalue weighted by Crippen LogP contribution is 2.36. The molecule has 1 atom stereocenters. The fourth-order valence-corrected chi connectivity index (χ4v) is 6.26. The van der Waals surface area contributed by atoms with Gasteiger partial charge in [0, 0.05) is 41.9 Å². The summed E-state index contributed by atoms with van der Waals surface area (Å²) >= 11 is 0. The number of nitrogens with zero attached hydrogens (tertiary/aromatic N) is 4. The number of aryl methyl sites for hydroxylation is 1. The molecule has 0 unspecified atom stereocenters. The van der Waals surface area contributed by atoms with Gasteiger partial charge >= 0.3 is 0 Å². The summed E-state index contributed by atoms with van der Waals surface area (Å²) in [5.74, 6) is 2.02. The minimum atomic E-state index is -2.27. The SMILES string of the molecule is Cc1cnc(/C(N)=C/C=N)c2nc(N3CCOC[C@H]3C)cc(N=S3(=O)CCCC3)c12. The Labute approximate surface area is 177 Å². The van der Waals surface area contributed by atoms with Crippen LogP contribution in [0.3, 0.4) is 0 Å². The molecule has 30 heavy (non-hydrogen) atoms. The van der Waals surface area contributed by atoms with Crippen LogP contribution in [0.2, 0.25) is 0 Å². The van der Waals surface area contributed by atoms with Crippen molar-refractivity contribution < 1.29 is 8.95 Å². The van der Waals surface area contributed by atoms with Gasteiger partial charge in [0.1, 0.15) is 17.0 Å². The van der Waals surface area contributed by atoms with Crippen LogP contribution in [0.25, 0.3) is 16.6 Å². The van der Waals surface area contributed by atoms with E-state index in [4.69, 9.17) is 25.2 Å². The molecule has 160 valence electrons. The summed E-state index contributed by atoms with van der Waals surface area (Å²) in [6, 6.07) is 2.11. The molecule has 2 aliphatic rings. The third kappa shape index (κ3) is 3.91. The van der Waals surface area contributed by atoms with Gasteiger partial charge in [-0.2, -0.15) is 4.36 Å². The summed E-state index contributed by atoms with van der Waals surface area (Å²) in [4.78, 5) is 11.6. The number of fused-ring (bicyclic) bond motifs is 1. The van der Waals surface area contributed by atoms with Crippen LogP contribution < -0.4 is 10.6 Å². The smallest absolute Gasteiger partial charge is 0.131 e. The maximum atomic E-state index is 13.3. The Hall–Kier alpha value is -2.52. The van der Waals surface area contributed by atoms with E-state index >= 15 is 0 Å². The number of nitrogens with one attached hydrogen (secondary N) is 1. The summed E-state index contributed by atoms with van der Waals surface area (Å²) in [5.41, 5.74) is 9.30.